The highest BCUT2D eigenvalue weighted by molar-refractivity contribution is 5.85. The zero-order valence-electron chi connectivity index (χ0n) is 14.0. The highest BCUT2D eigenvalue weighted by Crippen LogP contribution is 2.35. The minimum atomic E-state index is -1.18. The Labute approximate surface area is 135 Å². The van der Waals surface area contributed by atoms with Crippen LogP contribution in [-0.2, 0) is 14.9 Å². The zero-order chi connectivity index (χ0) is 18.0. The molecule has 0 aliphatic rings. The molecule has 5 N–H and O–H groups in total. The third-order valence-corrected chi connectivity index (χ3v) is 3.38. The topological polar surface area (TPSA) is 122 Å². The van der Waals surface area contributed by atoms with Crippen LogP contribution >= 0.6 is 0 Å². The molecular weight excluding hydrogens is 300 g/mol. The Bertz CT molecular complexity index is 605. The second kappa shape index (κ2) is 6.45. The molecule has 0 aliphatic carbocycles. The molecule has 0 heterocycles. The van der Waals surface area contributed by atoms with Gasteiger partial charge >= 0.3 is 12.1 Å². The lowest BCUT2D eigenvalue weighted by molar-refractivity contribution is -0.140. The predicted octanol–water partition coefficient (Wildman–Crippen LogP) is 2.43. The number of hydrogen-bond acceptors (Lipinski definition) is 5. The fourth-order valence-electron chi connectivity index (χ4n) is 2.05. The summed E-state index contributed by atoms with van der Waals surface area (Å²) in [5.41, 5.74) is 4.77. The highest BCUT2D eigenvalue weighted by atomic mass is 16.6. The number of benzene rings is 1. The van der Waals surface area contributed by atoms with E-state index < -0.39 is 29.1 Å². The van der Waals surface area contributed by atoms with E-state index in [2.05, 4.69) is 5.32 Å². The van der Waals surface area contributed by atoms with Gasteiger partial charge in [0.2, 0.25) is 0 Å². The summed E-state index contributed by atoms with van der Waals surface area (Å²) < 4.78 is 5.12. The molecule has 7 heteroatoms. The van der Waals surface area contributed by atoms with Crippen molar-refractivity contribution in [1.29, 1.82) is 0 Å². The maximum Gasteiger partial charge on any atom is 0.412 e. The number of carbonyl (C=O) groups excluding carboxylic acids is 1. The number of carboxylic acids is 1. The Balaban J connectivity index is 2.99. The Morgan fingerprint density at radius 2 is 1.78 bits per heavy atom. The van der Waals surface area contributed by atoms with E-state index in [1.54, 1.807) is 40.7 Å². The SMILES string of the molecule is CC(C)(C)OC(=O)Nc1ccc(C(C)(C)C(N)C(=O)O)c(O)c1. The zero-order valence-corrected chi connectivity index (χ0v) is 14.0. The number of hydrogen-bond donors (Lipinski definition) is 4. The van der Waals surface area contributed by atoms with Crippen molar-refractivity contribution in [3.63, 3.8) is 0 Å². The second-order valence-corrected chi connectivity index (χ2v) is 6.90. The number of aromatic hydroxyl groups is 1. The minimum absolute atomic E-state index is 0.153. The summed E-state index contributed by atoms with van der Waals surface area (Å²) in [4.78, 5) is 22.8. The Morgan fingerprint density at radius 1 is 1.22 bits per heavy atom. The largest absolute Gasteiger partial charge is 0.508 e. The van der Waals surface area contributed by atoms with E-state index in [0.29, 0.717) is 11.3 Å². The number of nitrogens with one attached hydrogen (secondary N) is 1. The van der Waals surface area contributed by atoms with E-state index in [0.717, 1.165) is 0 Å². The molecule has 128 valence electrons. The van der Waals surface area contributed by atoms with Crippen LogP contribution in [0.2, 0.25) is 0 Å². The van der Waals surface area contributed by atoms with E-state index >= 15 is 0 Å². The molecule has 0 radical (unpaired) electrons. The monoisotopic (exact) mass is 324 g/mol. The molecule has 0 saturated heterocycles. The van der Waals surface area contributed by atoms with Crippen molar-refractivity contribution in [1.82, 2.24) is 0 Å². The quantitative estimate of drug-likeness (QED) is 0.675. The first-order chi connectivity index (χ1) is 10.3. The molecule has 1 aromatic carbocycles. The molecular formula is C16H24N2O5. The van der Waals surface area contributed by atoms with Crippen molar-refractivity contribution in [2.45, 2.75) is 51.7 Å². The van der Waals surface area contributed by atoms with Gasteiger partial charge in [0.15, 0.2) is 0 Å². The van der Waals surface area contributed by atoms with Gasteiger partial charge in [0, 0.05) is 22.7 Å². The van der Waals surface area contributed by atoms with Gasteiger partial charge in [-0.1, -0.05) is 19.9 Å². The summed E-state index contributed by atoms with van der Waals surface area (Å²) >= 11 is 0. The van der Waals surface area contributed by atoms with Crippen LogP contribution in [0.4, 0.5) is 10.5 Å². The molecule has 0 saturated carbocycles. The van der Waals surface area contributed by atoms with Crippen LogP contribution in [0.25, 0.3) is 0 Å². The van der Waals surface area contributed by atoms with Gasteiger partial charge < -0.3 is 20.7 Å². The molecule has 0 fully saturated rings. The van der Waals surface area contributed by atoms with Crippen molar-refractivity contribution >= 4 is 17.7 Å². The third kappa shape index (κ3) is 4.85. The van der Waals surface area contributed by atoms with Gasteiger partial charge in [0.05, 0.1) is 0 Å². The lowest BCUT2D eigenvalue weighted by Crippen LogP contribution is -2.46. The number of carboxylic acid groups (broad SMARTS) is 1. The van der Waals surface area contributed by atoms with Crippen LogP contribution in [0.15, 0.2) is 18.2 Å². The molecule has 1 unspecified atom stereocenters. The molecule has 1 atom stereocenters. The third-order valence-electron chi connectivity index (χ3n) is 3.38. The maximum absolute atomic E-state index is 11.7. The van der Waals surface area contributed by atoms with Gasteiger partial charge in [-0.25, -0.2) is 4.79 Å². The van der Waals surface area contributed by atoms with Gasteiger partial charge in [-0.05, 0) is 26.8 Å². The maximum atomic E-state index is 11.7. The van der Waals surface area contributed by atoms with E-state index in [-0.39, 0.29) is 5.75 Å². The summed E-state index contributed by atoms with van der Waals surface area (Å²) in [7, 11) is 0. The lowest BCUT2D eigenvalue weighted by atomic mass is 9.77. The number of carbonyl (C=O) groups is 2. The first-order valence-electron chi connectivity index (χ1n) is 7.16. The smallest absolute Gasteiger partial charge is 0.412 e. The number of phenolic OH excluding ortho intramolecular Hbond substituents is 1. The number of rotatable bonds is 4. The predicted molar refractivity (Wildman–Crippen MR) is 86.6 cm³/mol. The van der Waals surface area contributed by atoms with E-state index in [9.17, 15) is 14.7 Å². The van der Waals surface area contributed by atoms with Crippen molar-refractivity contribution in [3.8, 4) is 5.75 Å². The van der Waals surface area contributed by atoms with Crippen molar-refractivity contribution < 1.29 is 24.5 Å². The number of phenols is 1. The fraction of sp³-hybridized carbons (Fsp3) is 0.500. The molecule has 0 aliphatic heterocycles. The molecule has 1 amide bonds. The Morgan fingerprint density at radius 3 is 2.22 bits per heavy atom. The summed E-state index contributed by atoms with van der Waals surface area (Å²) in [6.07, 6.45) is -0.647. The Hall–Kier alpha value is -2.28. The first-order valence-corrected chi connectivity index (χ1v) is 7.16. The van der Waals surface area contributed by atoms with Crippen LogP contribution in [-0.4, -0.2) is 33.9 Å². The second-order valence-electron chi connectivity index (χ2n) is 6.90. The average Bonchev–Trinajstić information content (AvgIpc) is 2.34. The number of anilines is 1. The van der Waals surface area contributed by atoms with Crippen molar-refractivity contribution in [3.05, 3.63) is 23.8 Å². The standard InChI is InChI=1S/C16H24N2O5/c1-15(2,3)23-14(22)18-9-6-7-10(11(19)8-9)16(4,5)12(17)13(20)21/h6-8,12,19H,17H2,1-5H3,(H,18,22)(H,20,21). The summed E-state index contributed by atoms with van der Waals surface area (Å²) in [5, 5.41) is 21.7. The van der Waals surface area contributed by atoms with Gasteiger partial charge in [-0.15, -0.1) is 0 Å². The van der Waals surface area contributed by atoms with Gasteiger partial charge in [0.25, 0.3) is 0 Å². The van der Waals surface area contributed by atoms with Gasteiger partial charge in [-0.2, -0.15) is 0 Å². The molecule has 1 rings (SSSR count). The minimum Gasteiger partial charge on any atom is -0.508 e. The number of nitrogens with two attached hydrogens (primary N) is 1. The molecule has 0 spiro atoms. The number of aliphatic carboxylic acids is 1. The number of amides is 1. The highest BCUT2D eigenvalue weighted by Gasteiger charge is 2.35. The molecule has 7 nitrogen and oxygen atoms in total. The lowest BCUT2D eigenvalue weighted by Gasteiger charge is -2.30. The van der Waals surface area contributed by atoms with E-state index in [1.807, 2.05) is 0 Å². The van der Waals surface area contributed by atoms with Gasteiger partial charge in [-0.3, -0.25) is 10.1 Å². The van der Waals surface area contributed by atoms with Crippen LogP contribution < -0.4 is 11.1 Å². The normalized spacial score (nSPS) is 13.3. The molecule has 23 heavy (non-hydrogen) atoms. The fourth-order valence-corrected chi connectivity index (χ4v) is 2.05. The summed E-state index contributed by atoms with van der Waals surface area (Å²) in [6, 6.07) is 3.23. The van der Waals surface area contributed by atoms with E-state index in [4.69, 9.17) is 15.6 Å². The Kier molecular flexibility index (Phi) is 5.27. The van der Waals surface area contributed by atoms with Crippen molar-refractivity contribution in [2.24, 2.45) is 5.73 Å². The molecule has 1 aromatic rings. The van der Waals surface area contributed by atoms with Crippen LogP contribution in [0.3, 0.4) is 0 Å². The average molecular weight is 324 g/mol. The van der Waals surface area contributed by atoms with Crippen molar-refractivity contribution in [2.75, 3.05) is 5.32 Å². The molecule has 0 bridgehead atoms. The van der Waals surface area contributed by atoms with Crippen LogP contribution in [0.1, 0.15) is 40.2 Å². The van der Waals surface area contributed by atoms with Gasteiger partial charge in [0.1, 0.15) is 17.4 Å². The summed E-state index contributed by atoms with van der Waals surface area (Å²) in [5.74, 6) is -1.31. The molecule has 0 aromatic heterocycles. The van der Waals surface area contributed by atoms with Crippen LogP contribution in [0.5, 0.6) is 5.75 Å². The van der Waals surface area contributed by atoms with Crippen LogP contribution in [0, 0.1) is 0 Å². The number of ether oxygens (including phenoxy) is 1. The summed E-state index contributed by atoms with van der Waals surface area (Å²) in [6.45, 7) is 8.47. The first kappa shape index (κ1) is 18.8. The van der Waals surface area contributed by atoms with E-state index in [1.165, 1.54) is 12.1 Å².